The summed E-state index contributed by atoms with van der Waals surface area (Å²) >= 11 is 0. The van der Waals surface area contributed by atoms with E-state index < -0.39 is 6.23 Å². The zero-order valence-electron chi connectivity index (χ0n) is 11.6. The summed E-state index contributed by atoms with van der Waals surface area (Å²) in [7, 11) is 0. The van der Waals surface area contributed by atoms with Crippen LogP contribution in [0.25, 0.3) is 0 Å². The van der Waals surface area contributed by atoms with E-state index in [9.17, 15) is 5.11 Å². The maximum absolute atomic E-state index is 9.22. The molecule has 1 heterocycles. The maximum Gasteiger partial charge on any atom is 0.131 e. The van der Waals surface area contributed by atoms with Crippen molar-refractivity contribution in [2.75, 3.05) is 0 Å². The lowest BCUT2D eigenvalue weighted by molar-refractivity contribution is 0.186. The van der Waals surface area contributed by atoms with E-state index in [1.807, 2.05) is 13.8 Å². The molecule has 0 radical (unpaired) electrons. The van der Waals surface area contributed by atoms with Crippen LogP contribution in [0.3, 0.4) is 0 Å². The summed E-state index contributed by atoms with van der Waals surface area (Å²) in [5, 5.41) is 23.1. The smallest absolute Gasteiger partial charge is 0.131 e. The number of rotatable bonds is 4. The fourth-order valence-corrected chi connectivity index (χ4v) is 1.87. The number of hydrazone groups is 1. The lowest BCUT2D eigenvalue weighted by Gasteiger charge is -2.19. The fraction of sp³-hybridized carbons (Fsp3) is 0.357. The SMILES string of the molecule is CC(C)N1N=CC(C=Nc2ccc(C(N)O)cc2)C1=N. The highest BCUT2D eigenvalue weighted by atomic mass is 16.3. The lowest BCUT2D eigenvalue weighted by Crippen LogP contribution is -2.31. The molecule has 0 fully saturated rings. The van der Waals surface area contributed by atoms with Crippen LogP contribution in [-0.2, 0) is 0 Å². The van der Waals surface area contributed by atoms with Gasteiger partial charge in [0.2, 0.25) is 0 Å². The van der Waals surface area contributed by atoms with Gasteiger partial charge in [-0.1, -0.05) is 12.1 Å². The Morgan fingerprint density at radius 3 is 2.55 bits per heavy atom. The summed E-state index contributed by atoms with van der Waals surface area (Å²) in [6, 6.07) is 7.18. The molecule has 0 aromatic heterocycles. The van der Waals surface area contributed by atoms with E-state index in [0.717, 1.165) is 5.69 Å². The molecular formula is C14H19N5O. The Hall–Kier alpha value is -2.05. The van der Waals surface area contributed by atoms with Crippen molar-refractivity contribution in [2.24, 2.45) is 21.7 Å². The number of hydrogen-bond donors (Lipinski definition) is 3. The zero-order chi connectivity index (χ0) is 14.7. The molecule has 0 aliphatic carbocycles. The van der Waals surface area contributed by atoms with Crippen molar-refractivity contribution in [1.82, 2.24) is 5.01 Å². The number of nitrogens with zero attached hydrogens (tertiary/aromatic N) is 3. The van der Waals surface area contributed by atoms with Gasteiger partial charge in [0.15, 0.2) is 0 Å². The zero-order valence-corrected chi connectivity index (χ0v) is 11.6. The first-order chi connectivity index (χ1) is 9.49. The molecule has 0 saturated carbocycles. The molecule has 2 atom stereocenters. The Balaban J connectivity index is 2.04. The Kier molecular flexibility index (Phi) is 4.26. The number of aliphatic hydroxyl groups excluding tert-OH is 1. The van der Waals surface area contributed by atoms with Crippen molar-refractivity contribution in [3.8, 4) is 0 Å². The summed E-state index contributed by atoms with van der Waals surface area (Å²) < 4.78 is 0. The van der Waals surface area contributed by atoms with Crippen LogP contribution in [0, 0.1) is 11.3 Å². The first kappa shape index (κ1) is 14.4. The molecule has 1 aromatic rings. The number of nitrogens with two attached hydrogens (primary N) is 1. The van der Waals surface area contributed by atoms with Gasteiger partial charge in [0.05, 0.1) is 11.6 Å². The highest BCUT2D eigenvalue weighted by Gasteiger charge is 2.24. The molecule has 1 aliphatic heterocycles. The van der Waals surface area contributed by atoms with E-state index in [0.29, 0.717) is 11.4 Å². The van der Waals surface area contributed by atoms with Crippen LogP contribution in [0.4, 0.5) is 5.69 Å². The third-order valence-corrected chi connectivity index (χ3v) is 3.02. The third-order valence-electron chi connectivity index (χ3n) is 3.02. The Morgan fingerprint density at radius 2 is 2.05 bits per heavy atom. The second-order valence-corrected chi connectivity index (χ2v) is 4.93. The number of aliphatic hydroxyl groups is 1. The second-order valence-electron chi connectivity index (χ2n) is 4.93. The largest absolute Gasteiger partial charge is 0.375 e. The summed E-state index contributed by atoms with van der Waals surface area (Å²) in [4.78, 5) is 4.33. The molecule has 1 aliphatic rings. The van der Waals surface area contributed by atoms with Crippen LogP contribution in [0.5, 0.6) is 0 Å². The molecule has 0 bridgehead atoms. The molecule has 2 rings (SSSR count). The topological polar surface area (TPSA) is 98.1 Å². The van der Waals surface area contributed by atoms with Crippen LogP contribution in [-0.4, -0.2) is 34.4 Å². The van der Waals surface area contributed by atoms with Gasteiger partial charge in [-0.25, -0.2) is 5.01 Å². The predicted octanol–water partition coefficient (Wildman–Crippen LogP) is 1.64. The minimum absolute atomic E-state index is 0.169. The summed E-state index contributed by atoms with van der Waals surface area (Å²) in [5.41, 5.74) is 6.76. The van der Waals surface area contributed by atoms with E-state index in [4.69, 9.17) is 11.1 Å². The molecular weight excluding hydrogens is 254 g/mol. The van der Waals surface area contributed by atoms with E-state index >= 15 is 0 Å². The quantitative estimate of drug-likeness (QED) is 0.574. The number of aliphatic imine (C=N–C) groups is 1. The van der Waals surface area contributed by atoms with Crippen molar-refractivity contribution in [1.29, 1.82) is 5.41 Å². The van der Waals surface area contributed by atoms with Crippen LogP contribution in [0.1, 0.15) is 25.6 Å². The second kappa shape index (κ2) is 5.94. The number of hydrogen-bond acceptors (Lipinski definition) is 5. The van der Waals surface area contributed by atoms with Crippen molar-refractivity contribution in [2.45, 2.75) is 26.1 Å². The molecule has 106 valence electrons. The van der Waals surface area contributed by atoms with Gasteiger partial charge in [0.25, 0.3) is 0 Å². The van der Waals surface area contributed by atoms with Crippen molar-refractivity contribution >= 4 is 24.0 Å². The first-order valence-corrected chi connectivity index (χ1v) is 6.48. The molecule has 1 aromatic carbocycles. The van der Waals surface area contributed by atoms with Gasteiger partial charge in [-0.15, -0.1) is 0 Å². The van der Waals surface area contributed by atoms with Gasteiger partial charge in [0, 0.05) is 18.5 Å². The van der Waals surface area contributed by atoms with Crippen LogP contribution >= 0.6 is 0 Å². The molecule has 0 saturated heterocycles. The van der Waals surface area contributed by atoms with E-state index in [2.05, 4.69) is 10.1 Å². The summed E-state index contributed by atoms with van der Waals surface area (Å²) in [5.74, 6) is 0.231. The minimum atomic E-state index is -0.970. The molecule has 4 N–H and O–H groups in total. The molecule has 0 spiro atoms. The highest BCUT2D eigenvalue weighted by molar-refractivity contribution is 6.11. The Labute approximate surface area is 118 Å². The standard InChI is InChI=1S/C14H19N5O/c1-9(2)19-13(15)11(8-18-19)7-17-12-5-3-10(4-6-12)14(16)20/h3-9,11,14-15,20H,16H2,1-2H3. The number of benzene rings is 1. The van der Waals surface area contributed by atoms with Gasteiger partial charge in [0.1, 0.15) is 12.1 Å². The normalized spacial score (nSPS) is 20.4. The monoisotopic (exact) mass is 273 g/mol. The van der Waals surface area contributed by atoms with Crippen molar-refractivity contribution in [3.63, 3.8) is 0 Å². The van der Waals surface area contributed by atoms with E-state index in [1.165, 1.54) is 0 Å². The number of amidine groups is 1. The number of nitrogens with one attached hydrogen (secondary N) is 1. The molecule has 0 amide bonds. The van der Waals surface area contributed by atoms with Gasteiger partial charge in [-0.2, -0.15) is 5.10 Å². The third kappa shape index (κ3) is 3.09. The fourth-order valence-electron chi connectivity index (χ4n) is 1.87. The molecule has 20 heavy (non-hydrogen) atoms. The highest BCUT2D eigenvalue weighted by Crippen LogP contribution is 2.17. The Bertz CT molecular complexity index is 533. The van der Waals surface area contributed by atoms with Gasteiger partial charge < -0.3 is 10.8 Å². The van der Waals surface area contributed by atoms with Gasteiger partial charge in [-0.05, 0) is 31.5 Å². The van der Waals surface area contributed by atoms with Crippen molar-refractivity contribution in [3.05, 3.63) is 29.8 Å². The van der Waals surface area contributed by atoms with E-state index in [1.54, 1.807) is 41.7 Å². The predicted molar refractivity (Wildman–Crippen MR) is 80.4 cm³/mol. The van der Waals surface area contributed by atoms with Crippen molar-refractivity contribution < 1.29 is 5.11 Å². The minimum Gasteiger partial charge on any atom is -0.375 e. The molecule has 6 heteroatoms. The van der Waals surface area contributed by atoms with E-state index in [-0.39, 0.29) is 12.0 Å². The first-order valence-electron chi connectivity index (χ1n) is 6.48. The van der Waals surface area contributed by atoms with Gasteiger partial charge in [-0.3, -0.25) is 10.4 Å². The lowest BCUT2D eigenvalue weighted by atomic mass is 10.1. The maximum atomic E-state index is 9.22. The summed E-state index contributed by atoms with van der Waals surface area (Å²) in [6.07, 6.45) is 2.44. The van der Waals surface area contributed by atoms with Crippen LogP contribution in [0.2, 0.25) is 0 Å². The van der Waals surface area contributed by atoms with Gasteiger partial charge >= 0.3 is 0 Å². The summed E-state index contributed by atoms with van der Waals surface area (Å²) in [6.45, 7) is 3.98. The van der Waals surface area contributed by atoms with Crippen LogP contribution in [0.15, 0.2) is 34.4 Å². The average Bonchev–Trinajstić information content (AvgIpc) is 2.78. The van der Waals surface area contributed by atoms with Crippen LogP contribution < -0.4 is 5.73 Å². The molecule has 6 nitrogen and oxygen atoms in total. The average molecular weight is 273 g/mol. The molecule has 2 unspecified atom stereocenters. The Morgan fingerprint density at radius 1 is 1.40 bits per heavy atom.